The molecule has 1 atom stereocenters. The number of hydrogen-bond donors (Lipinski definition) is 2. The highest BCUT2D eigenvalue weighted by molar-refractivity contribution is 5.81. The topological polar surface area (TPSA) is 116 Å². The molecule has 1 aliphatic heterocycles. The Labute approximate surface area is 141 Å². The van der Waals surface area contributed by atoms with Crippen LogP contribution in [0.15, 0.2) is 12.7 Å². The quantitative estimate of drug-likeness (QED) is 0.795. The summed E-state index contributed by atoms with van der Waals surface area (Å²) in [6.07, 6.45) is 6.61. The van der Waals surface area contributed by atoms with Crippen molar-refractivity contribution in [3.05, 3.63) is 12.7 Å². The largest absolute Gasteiger partial charge is 0.382 e. The van der Waals surface area contributed by atoms with Gasteiger partial charge in [-0.05, 0) is 39.3 Å². The Morgan fingerprint density at radius 2 is 2.08 bits per heavy atom. The molecular weight excluding hydrogens is 306 g/mol. The second-order valence-corrected chi connectivity index (χ2v) is 6.59. The number of carbonyl (C=O) groups excluding carboxylic acids is 1. The number of likely N-dealkylation sites (tertiary alicyclic amines) is 1. The molecule has 0 saturated carbocycles. The van der Waals surface area contributed by atoms with Crippen molar-refractivity contribution in [3.8, 4) is 0 Å². The number of fused-ring (bicyclic) bond motifs is 1. The summed E-state index contributed by atoms with van der Waals surface area (Å²) in [5.41, 5.74) is 13.2. The average Bonchev–Trinajstić information content (AvgIpc) is 2.96. The van der Waals surface area contributed by atoms with Crippen molar-refractivity contribution in [2.75, 3.05) is 18.8 Å². The first-order chi connectivity index (χ1) is 11.5. The van der Waals surface area contributed by atoms with E-state index in [1.165, 1.54) is 6.33 Å². The molecule has 1 unspecified atom stereocenters. The second-order valence-electron chi connectivity index (χ2n) is 6.59. The van der Waals surface area contributed by atoms with Crippen LogP contribution in [0.2, 0.25) is 0 Å². The summed E-state index contributed by atoms with van der Waals surface area (Å²) in [6.45, 7) is 4.31. The number of anilines is 1. The highest BCUT2D eigenvalue weighted by Crippen LogP contribution is 2.19. The molecule has 130 valence electrons. The first-order valence-electron chi connectivity index (χ1n) is 8.45. The maximum Gasteiger partial charge on any atom is 0.165 e. The van der Waals surface area contributed by atoms with Crippen LogP contribution in [0, 0.1) is 0 Å². The number of Topliss-reactive ketones (excluding diaryl/α,β-unsaturated/α-hetero) is 1. The number of nitrogens with zero attached hydrogens (tertiary/aromatic N) is 5. The van der Waals surface area contributed by atoms with Gasteiger partial charge in [-0.25, -0.2) is 15.0 Å². The fourth-order valence-corrected chi connectivity index (χ4v) is 3.38. The summed E-state index contributed by atoms with van der Waals surface area (Å²) >= 11 is 0. The van der Waals surface area contributed by atoms with E-state index in [1.807, 2.05) is 4.57 Å². The van der Waals surface area contributed by atoms with Crippen LogP contribution in [-0.4, -0.2) is 55.4 Å². The van der Waals surface area contributed by atoms with Crippen molar-refractivity contribution >= 4 is 22.8 Å². The molecule has 1 aliphatic rings. The van der Waals surface area contributed by atoms with E-state index in [0.29, 0.717) is 17.8 Å². The Bertz CT molecular complexity index is 706. The maximum atomic E-state index is 11.7. The zero-order chi connectivity index (χ0) is 17.1. The molecule has 8 nitrogen and oxygen atoms in total. The molecule has 3 heterocycles. The van der Waals surface area contributed by atoms with Crippen LogP contribution < -0.4 is 11.5 Å². The fourth-order valence-electron chi connectivity index (χ4n) is 3.38. The Hall–Kier alpha value is -2.06. The molecule has 4 N–H and O–H groups in total. The van der Waals surface area contributed by atoms with E-state index < -0.39 is 0 Å². The van der Waals surface area contributed by atoms with E-state index in [1.54, 1.807) is 13.3 Å². The maximum absolute atomic E-state index is 11.7. The lowest BCUT2D eigenvalue weighted by Crippen LogP contribution is -2.46. The molecule has 24 heavy (non-hydrogen) atoms. The molecule has 2 aromatic heterocycles. The Morgan fingerprint density at radius 3 is 2.79 bits per heavy atom. The fraction of sp³-hybridized carbons (Fsp3) is 0.625. The van der Waals surface area contributed by atoms with Gasteiger partial charge in [-0.1, -0.05) is 0 Å². The molecule has 0 aromatic carbocycles. The number of aryl methyl sites for hydroxylation is 1. The summed E-state index contributed by atoms with van der Waals surface area (Å²) in [5.74, 6) is 0.612. The molecule has 1 fully saturated rings. The average molecular weight is 331 g/mol. The molecular formula is C16H25N7O. The number of carbonyl (C=O) groups is 1. The zero-order valence-corrected chi connectivity index (χ0v) is 14.1. The van der Waals surface area contributed by atoms with Crippen LogP contribution in [0.3, 0.4) is 0 Å². The van der Waals surface area contributed by atoms with Crippen molar-refractivity contribution in [1.82, 2.24) is 24.4 Å². The van der Waals surface area contributed by atoms with Gasteiger partial charge >= 0.3 is 0 Å². The highest BCUT2D eigenvalue weighted by Gasteiger charge is 2.24. The third-order valence-electron chi connectivity index (χ3n) is 4.75. The van der Waals surface area contributed by atoms with Crippen molar-refractivity contribution in [3.63, 3.8) is 0 Å². The lowest BCUT2D eigenvalue weighted by atomic mass is 9.99. The number of rotatable bonds is 6. The summed E-state index contributed by atoms with van der Waals surface area (Å²) < 4.78 is 1.98. The molecule has 0 radical (unpaired) electrons. The number of imidazole rings is 1. The molecule has 0 bridgehead atoms. The predicted molar refractivity (Wildman–Crippen MR) is 92.2 cm³/mol. The molecule has 8 heteroatoms. The molecule has 0 spiro atoms. The minimum absolute atomic E-state index is 0.219. The van der Waals surface area contributed by atoms with Crippen LogP contribution in [-0.2, 0) is 11.3 Å². The Balaban J connectivity index is 1.70. The standard InChI is InChI=1S/C16H25N7O/c1-11(24)8-13(22-5-2-12(17)3-6-22)4-7-23-10-21-14-15(18)19-9-20-16(14)23/h9-10,12-13H,2-8,17H2,1H3,(H2,18,19,20). The number of nitrogens with two attached hydrogens (primary N) is 2. The number of hydrogen-bond acceptors (Lipinski definition) is 7. The first-order valence-corrected chi connectivity index (χ1v) is 8.45. The van der Waals surface area contributed by atoms with Crippen molar-refractivity contribution in [2.24, 2.45) is 5.73 Å². The second kappa shape index (κ2) is 7.23. The lowest BCUT2D eigenvalue weighted by molar-refractivity contribution is -0.118. The lowest BCUT2D eigenvalue weighted by Gasteiger charge is -2.36. The summed E-state index contributed by atoms with van der Waals surface area (Å²) in [7, 11) is 0. The predicted octanol–water partition coefficient (Wildman–Crippen LogP) is 0.569. The number of ketones is 1. The van der Waals surface area contributed by atoms with E-state index in [4.69, 9.17) is 11.5 Å². The van der Waals surface area contributed by atoms with Gasteiger partial charge in [-0.15, -0.1) is 0 Å². The van der Waals surface area contributed by atoms with E-state index in [0.717, 1.165) is 44.5 Å². The smallest absolute Gasteiger partial charge is 0.165 e. The Kier molecular flexibility index (Phi) is 5.06. The van der Waals surface area contributed by atoms with E-state index in [9.17, 15) is 4.79 Å². The van der Waals surface area contributed by atoms with E-state index in [-0.39, 0.29) is 17.9 Å². The highest BCUT2D eigenvalue weighted by atomic mass is 16.1. The van der Waals surface area contributed by atoms with Gasteiger partial charge in [0, 0.05) is 25.0 Å². The number of nitrogen functional groups attached to an aromatic ring is 1. The summed E-state index contributed by atoms with van der Waals surface area (Å²) in [5, 5.41) is 0. The van der Waals surface area contributed by atoms with Crippen LogP contribution in [0.4, 0.5) is 5.82 Å². The third-order valence-corrected chi connectivity index (χ3v) is 4.75. The van der Waals surface area contributed by atoms with Gasteiger partial charge in [0.05, 0.1) is 6.33 Å². The first kappa shape index (κ1) is 16.8. The van der Waals surface area contributed by atoms with Gasteiger partial charge in [0.25, 0.3) is 0 Å². The minimum atomic E-state index is 0.219. The molecule has 1 saturated heterocycles. The van der Waals surface area contributed by atoms with Crippen molar-refractivity contribution in [2.45, 2.75) is 51.2 Å². The third kappa shape index (κ3) is 3.70. The van der Waals surface area contributed by atoms with Crippen LogP contribution >= 0.6 is 0 Å². The molecule has 3 rings (SSSR count). The molecule has 0 amide bonds. The van der Waals surface area contributed by atoms with Crippen LogP contribution in [0.25, 0.3) is 11.2 Å². The normalized spacial score (nSPS) is 18.1. The number of aromatic nitrogens is 4. The van der Waals surface area contributed by atoms with E-state index in [2.05, 4.69) is 19.9 Å². The van der Waals surface area contributed by atoms with Gasteiger partial charge in [-0.2, -0.15) is 0 Å². The van der Waals surface area contributed by atoms with Gasteiger partial charge in [0.2, 0.25) is 0 Å². The van der Waals surface area contributed by atoms with E-state index >= 15 is 0 Å². The van der Waals surface area contributed by atoms with Gasteiger partial charge in [0.1, 0.15) is 17.6 Å². The van der Waals surface area contributed by atoms with Gasteiger partial charge in [0.15, 0.2) is 11.5 Å². The van der Waals surface area contributed by atoms with Gasteiger partial charge < -0.3 is 16.0 Å². The van der Waals surface area contributed by atoms with Crippen molar-refractivity contribution in [1.29, 1.82) is 0 Å². The monoisotopic (exact) mass is 331 g/mol. The summed E-state index contributed by atoms with van der Waals surface area (Å²) in [6, 6.07) is 0.517. The molecule has 2 aromatic rings. The molecule has 0 aliphatic carbocycles. The van der Waals surface area contributed by atoms with Gasteiger partial charge in [-0.3, -0.25) is 9.69 Å². The van der Waals surface area contributed by atoms with Crippen LogP contribution in [0.5, 0.6) is 0 Å². The number of piperidine rings is 1. The zero-order valence-electron chi connectivity index (χ0n) is 14.1. The SMILES string of the molecule is CC(=O)CC(CCn1cnc2c(N)ncnc21)N1CCC(N)CC1. The summed E-state index contributed by atoms with van der Waals surface area (Å²) in [4.78, 5) is 26.6. The Morgan fingerprint density at radius 1 is 1.33 bits per heavy atom. The van der Waals surface area contributed by atoms with Crippen LogP contribution in [0.1, 0.15) is 32.6 Å². The van der Waals surface area contributed by atoms with Crippen molar-refractivity contribution < 1.29 is 4.79 Å². The minimum Gasteiger partial charge on any atom is -0.382 e.